The molecule has 1 saturated heterocycles. The van der Waals surface area contributed by atoms with E-state index in [1.165, 1.54) is 23.1 Å². The maximum atomic E-state index is 12.9. The van der Waals surface area contributed by atoms with Gasteiger partial charge in [0.25, 0.3) is 5.91 Å². The van der Waals surface area contributed by atoms with Gasteiger partial charge >= 0.3 is 12.1 Å². The predicted octanol–water partition coefficient (Wildman–Crippen LogP) is 2.80. The second kappa shape index (κ2) is 6.24. The van der Waals surface area contributed by atoms with Gasteiger partial charge in [0.05, 0.1) is 11.5 Å². The minimum Gasteiger partial charge on any atom is -0.483 e. The van der Waals surface area contributed by atoms with Crippen LogP contribution in [-0.2, 0) is 15.8 Å². The zero-order chi connectivity index (χ0) is 18.2. The fraction of sp³-hybridized carbons (Fsp3) is 0.529. The summed E-state index contributed by atoms with van der Waals surface area (Å²) in [5, 5.41) is 9.06. The average Bonchev–Trinajstić information content (AvgIpc) is 3.26. The van der Waals surface area contributed by atoms with Crippen LogP contribution in [0, 0.1) is 11.3 Å². The van der Waals surface area contributed by atoms with Gasteiger partial charge in [-0.15, -0.1) is 0 Å². The topological polar surface area (TPSA) is 66.8 Å². The molecule has 1 aromatic carbocycles. The van der Waals surface area contributed by atoms with E-state index in [0.717, 1.165) is 6.07 Å². The van der Waals surface area contributed by atoms with Gasteiger partial charge in [0, 0.05) is 13.1 Å². The van der Waals surface area contributed by atoms with Crippen LogP contribution in [0.4, 0.5) is 13.2 Å². The molecule has 1 aliphatic carbocycles. The van der Waals surface area contributed by atoms with E-state index in [4.69, 9.17) is 9.84 Å². The van der Waals surface area contributed by atoms with E-state index in [9.17, 15) is 22.8 Å². The predicted molar refractivity (Wildman–Crippen MR) is 80.9 cm³/mol. The molecular weight excluding hydrogens is 339 g/mol. The van der Waals surface area contributed by atoms with Crippen LogP contribution in [0.15, 0.2) is 24.3 Å². The Kier molecular flexibility index (Phi) is 4.38. The summed E-state index contributed by atoms with van der Waals surface area (Å²) in [6.45, 7) is 0.349. The van der Waals surface area contributed by atoms with Crippen molar-refractivity contribution in [2.45, 2.75) is 25.4 Å². The lowest BCUT2D eigenvalue weighted by Crippen LogP contribution is -2.42. The number of para-hydroxylation sites is 1. The number of hydrogen-bond acceptors (Lipinski definition) is 3. The Balaban J connectivity index is 1.54. The van der Waals surface area contributed by atoms with Gasteiger partial charge in [-0.3, -0.25) is 9.59 Å². The summed E-state index contributed by atoms with van der Waals surface area (Å²) in [5.74, 6) is -1.89. The molecule has 1 saturated carbocycles. The van der Waals surface area contributed by atoms with Crippen molar-refractivity contribution in [2.24, 2.45) is 11.3 Å². The summed E-state index contributed by atoms with van der Waals surface area (Å²) in [7, 11) is 0. The van der Waals surface area contributed by atoms with Crippen LogP contribution in [0.25, 0.3) is 0 Å². The van der Waals surface area contributed by atoms with E-state index in [1.54, 1.807) is 0 Å². The van der Waals surface area contributed by atoms with Crippen molar-refractivity contribution in [2.75, 3.05) is 19.7 Å². The first-order valence-corrected chi connectivity index (χ1v) is 8.02. The first kappa shape index (κ1) is 17.6. The van der Waals surface area contributed by atoms with E-state index in [0.29, 0.717) is 32.4 Å². The number of hydrogen-bond donors (Lipinski definition) is 1. The lowest BCUT2D eigenvalue weighted by Gasteiger charge is -2.32. The lowest BCUT2D eigenvalue weighted by atomic mass is 9.91. The molecule has 0 radical (unpaired) electrons. The highest BCUT2D eigenvalue weighted by Gasteiger charge is 2.59. The number of alkyl halides is 3. The zero-order valence-electron chi connectivity index (χ0n) is 13.4. The van der Waals surface area contributed by atoms with Crippen molar-refractivity contribution in [3.63, 3.8) is 0 Å². The molecule has 1 N–H and O–H groups in total. The van der Waals surface area contributed by atoms with Gasteiger partial charge in [-0.25, -0.2) is 0 Å². The monoisotopic (exact) mass is 357 g/mol. The summed E-state index contributed by atoms with van der Waals surface area (Å²) in [6.07, 6.45) is -2.70. The molecule has 136 valence electrons. The second-order valence-corrected chi connectivity index (χ2v) is 6.62. The number of rotatable bonds is 4. The number of benzene rings is 1. The Morgan fingerprint density at radius 2 is 1.88 bits per heavy atom. The Morgan fingerprint density at radius 3 is 2.44 bits per heavy atom. The van der Waals surface area contributed by atoms with E-state index in [1.807, 2.05) is 0 Å². The SMILES string of the molecule is O=C(O)C1CC12CCN(C(=O)COc1ccccc1C(F)(F)F)CC2. The maximum absolute atomic E-state index is 12.9. The Hall–Kier alpha value is -2.25. The largest absolute Gasteiger partial charge is 0.483 e. The van der Waals surface area contributed by atoms with Crippen molar-refractivity contribution in [3.8, 4) is 5.75 Å². The van der Waals surface area contributed by atoms with Crippen LogP contribution in [0.5, 0.6) is 5.75 Å². The number of aliphatic carboxylic acids is 1. The zero-order valence-corrected chi connectivity index (χ0v) is 13.4. The number of nitrogens with zero attached hydrogens (tertiary/aromatic N) is 1. The smallest absolute Gasteiger partial charge is 0.419 e. The van der Waals surface area contributed by atoms with Gasteiger partial charge < -0.3 is 14.7 Å². The van der Waals surface area contributed by atoms with Gasteiger partial charge in [0.1, 0.15) is 5.75 Å². The minimum atomic E-state index is -4.55. The number of ether oxygens (including phenoxy) is 1. The van der Waals surface area contributed by atoms with Gasteiger partial charge in [0.15, 0.2) is 6.61 Å². The molecule has 1 spiro atoms. The normalized spacial score (nSPS) is 21.9. The molecule has 25 heavy (non-hydrogen) atoms. The molecule has 1 atom stereocenters. The molecule has 2 aliphatic rings. The van der Waals surface area contributed by atoms with E-state index >= 15 is 0 Å². The Morgan fingerprint density at radius 1 is 1.24 bits per heavy atom. The summed E-state index contributed by atoms with van der Waals surface area (Å²) in [5.41, 5.74) is -1.12. The highest BCUT2D eigenvalue weighted by Crippen LogP contribution is 2.59. The summed E-state index contributed by atoms with van der Waals surface area (Å²) >= 11 is 0. The fourth-order valence-electron chi connectivity index (χ4n) is 3.51. The summed E-state index contributed by atoms with van der Waals surface area (Å²) in [6, 6.07) is 4.77. The first-order valence-electron chi connectivity index (χ1n) is 8.02. The fourth-order valence-corrected chi connectivity index (χ4v) is 3.51. The third-order valence-electron chi connectivity index (χ3n) is 5.14. The Labute approximate surface area is 142 Å². The standard InChI is InChI=1S/C17H18F3NO4/c18-17(19,20)11-3-1-2-4-13(11)25-10-14(22)21-7-5-16(6-8-21)9-12(16)15(23)24/h1-4,12H,5-10H2,(H,23,24). The molecule has 1 heterocycles. The van der Waals surface area contributed by atoms with Crippen LogP contribution in [-0.4, -0.2) is 41.6 Å². The van der Waals surface area contributed by atoms with Gasteiger partial charge in [-0.2, -0.15) is 13.2 Å². The van der Waals surface area contributed by atoms with Gasteiger partial charge in [0.2, 0.25) is 0 Å². The van der Waals surface area contributed by atoms with Crippen molar-refractivity contribution in [1.29, 1.82) is 0 Å². The molecule has 1 aromatic rings. The quantitative estimate of drug-likeness (QED) is 0.900. The molecule has 2 fully saturated rings. The number of carboxylic acid groups (broad SMARTS) is 1. The summed E-state index contributed by atoms with van der Waals surface area (Å²) in [4.78, 5) is 24.7. The molecule has 3 rings (SSSR count). The Bertz CT molecular complexity index is 681. The molecule has 8 heteroatoms. The molecule has 5 nitrogen and oxygen atoms in total. The molecule has 0 aromatic heterocycles. The molecule has 0 bridgehead atoms. The van der Waals surface area contributed by atoms with E-state index < -0.39 is 24.3 Å². The lowest BCUT2D eigenvalue weighted by molar-refractivity contribution is -0.142. The number of carbonyl (C=O) groups is 2. The minimum absolute atomic E-state index is 0.202. The number of carboxylic acids is 1. The number of halogens is 3. The molecule has 1 aliphatic heterocycles. The van der Waals surface area contributed by atoms with Crippen LogP contribution in [0.2, 0.25) is 0 Å². The maximum Gasteiger partial charge on any atom is 0.419 e. The van der Waals surface area contributed by atoms with Gasteiger partial charge in [-0.1, -0.05) is 12.1 Å². The van der Waals surface area contributed by atoms with Gasteiger partial charge in [-0.05, 0) is 36.8 Å². The van der Waals surface area contributed by atoms with Crippen LogP contribution in [0.1, 0.15) is 24.8 Å². The molecule has 1 amide bonds. The average molecular weight is 357 g/mol. The first-order chi connectivity index (χ1) is 11.7. The second-order valence-electron chi connectivity index (χ2n) is 6.62. The number of carbonyl (C=O) groups excluding carboxylic acids is 1. The highest BCUT2D eigenvalue weighted by molar-refractivity contribution is 5.78. The number of amides is 1. The van der Waals surface area contributed by atoms with E-state index in [-0.39, 0.29) is 23.0 Å². The van der Waals surface area contributed by atoms with Crippen molar-refractivity contribution < 1.29 is 32.6 Å². The van der Waals surface area contributed by atoms with Crippen molar-refractivity contribution in [3.05, 3.63) is 29.8 Å². The highest BCUT2D eigenvalue weighted by atomic mass is 19.4. The van der Waals surface area contributed by atoms with Crippen molar-refractivity contribution >= 4 is 11.9 Å². The van der Waals surface area contributed by atoms with Crippen LogP contribution < -0.4 is 4.74 Å². The third-order valence-corrected chi connectivity index (χ3v) is 5.14. The number of piperidine rings is 1. The summed E-state index contributed by atoms with van der Waals surface area (Å²) < 4.78 is 43.8. The van der Waals surface area contributed by atoms with Crippen LogP contribution >= 0.6 is 0 Å². The third kappa shape index (κ3) is 3.57. The van der Waals surface area contributed by atoms with Crippen LogP contribution in [0.3, 0.4) is 0 Å². The molecular formula is C17H18F3NO4. The van der Waals surface area contributed by atoms with E-state index in [2.05, 4.69) is 0 Å². The van der Waals surface area contributed by atoms with Crippen molar-refractivity contribution in [1.82, 2.24) is 4.90 Å². The number of likely N-dealkylation sites (tertiary alicyclic amines) is 1. The molecule has 1 unspecified atom stereocenters.